The van der Waals surface area contributed by atoms with Gasteiger partial charge in [-0.3, -0.25) is 14.9 Å². The molecule has 124 valence electrons. The number of nitrogens with one attached hydrogen (secondary N) is 1. The van der Waals surface area contributed by atoms with Crippen molar-refractivity contribution in [2.75, 3.05) is 53.7 Å². The molecular formula is C13H23N5O3S. The largest absolute Gasteiger partial charge is 0.468 e. The van der Waals surface area contributed by atoms with Gasteiger partial charge in [0.1, 0.15) is 10.7 Å². The number of hydrazine groups is 1. The SMILES string of the molecule is COC(=O)C1CC(=O)N2CN(N3CCN(C)CC3)CNC2S1. The fraction of sp³-hybridized carbons (Fsp3) is 0.846. The van der Waals surface area contributed by atoms with Crippen molar-refractivity contribution in [1.29, 1.82) is 0 Å². The topological polar surface area (TPSA) is 68.4 Å². The first-order valence-corrected chi connectivity index (χ1v) is 8.47. The maximum Gasteiger partial charge on any atom is 0.319 e. The molecule has 2 unspecified atom stereocenters. The maximum atomic E-state index is 12.4. The summed E-state index contributed by atoms with van der Waals surface area (Å²) in [6.45, 7) is 5.30. The molecule has 3 heterocycles. The third-order valence-electron chi connectivity index (χ3n) is 4.36. The van der Waals surface area contributed by atoms with Gasteiger partial charge in [0.2, 0.25) is 5.91 Å². The molecule has 3 saturated heterocycles. The van der Waals surface area contributed by atoms with Crippen molar-refractivity contribution in [3.8, 4) is 0 Å². The number of amides is 1. The number of carbonyl (C=O) groups excluding carboxylic acids is 2. The number of methoxy groups -OCH3 is 1. The average Bonchev–Trinajstić information content (AvgIpc) is 2.54. The van der Waals surface area contributed by atoms with Crippen molar-refractivity contribution in [3.05, 3.63) is 0 Å². The van der Waals surface area contributed by atoms with E-state index in [0.717, 1.165) is 26.2 Å². The molecular weight excluding hydrogens is 306 g/mol. The summed E-state index contributed by atoms with van der Waals surface area (Å²) >= 11 is 1.47. The number of hydrogen-bond donors (Lipinski definition) is 1. The Morgan fingerprint density at radius 2 is 2.00 bits per heavy atom. The second-order valence-corrected chi connectivity index (χ2v) is 7.12. The van der Waals surface area contributed by atoms with Crippen molar-refractivity contribution in [2.45, 2.75) is 17.2 Å². The van der Waals surface area contributed by atoms with Gasteiger partial charge in [0.25, 0.3) is 0 Å². The molecule has 0 aromatic heterocycles. The predicted octanol–water partition coefficient (Wildman–Crippen LogP) is -1.24. The van der Waals surface area contributed by atoms with E-state index < -0.39 is 5.25 Å². The molecule has 3 rings (SSSR count). The number of carbonyl (C=O) groups is 2. The van der Waals surface area contributed by atoms with E-state index in [-0.39, 0.29) is 23.8 Å². The number of esters is 1. The molecule has 0 aromatic rings. The molecule has 1 amide bonds. The molecule has 1 N–H and O–H groups in total. The average molecular weight is 329 g/mol. The van der Waals surface area contributed by atoms with Crippen molar-refractivity contribution in [2.24, 2.45) is 0 Å². The molecule has 0 bridgehead atoms. The number of fused-ring (bicyclic) bond motifs is 1. The Kier molecular flexibility index (Phi) is 4.88. The number of thioether (sulfide) groups is 1. The molecule has 3 fully saturated rings. The Balaban J connectivity index is 1.60. The summed E-state index contributed by atoms with van der Waals surface area (Å²) in [5.74, 6) is -0.313. The van der Waals surface area contributed by atoms with Gasteiger partial charge in [-0.25, -0.2) is 10.0 Å². The van der Waals surface area contributed by atoms with E-state index in [0.29, 0.717) is 13.3 Å². The molecule has 9 heteroatoms. The van der Waals surface area contributed by atoms with Gasteiger partial charge in [0.15, 0.2) is 0 Å². The highest BCUT2D eigenvalue weighted by atomic mass is 32.2. The highest BCUT2D eigenvalue weighted by molar-refractivity contribution is 8.01. The summed E-state index contributed by atoms with van der Waals surface area (Å²) in [4.78, 5) is 28.1. The van der Waals surface area contributed by atoms with Gasteiger partial charge in [0, 0.05) is 32.6 Å². The van der Waals surface area contributed by atoms with Gasteiger partial charge in [-0.05, 0) is 7.05 Å². The zero-order chi connectivity index (χ0) is 15.7. The zero-order valence-corrected chi connectivity index (χ0v) is 13.8. The highest BCUT2D eigenvalue weighted by Gasteiger charge is 2.42. The molecule has 0 saturated carbocycles. The van der Waals surface area contributed by atoms with Gasteiger partial charge >= 0.3 is 5.97 Å². The molecule has 0 aromatic carbocycles. The molecule has 0 aliphatic carbocycles. The third-order valence-corrected chi connectivity index (χ3v) is 5.73. The smallest absolute Gasteiger partial charge is 0.319 e. The summed E-state index contributed by atoms with van der Waals surface area (Å²) in [5.41, 5.74) is -0.144. The molecule has 2 atom stereocenters. The first-order chi connectivity index (χ1) is 10.6. The highest BCUT2D eigenvalue weighted by Crippen LogP contribution is 2.31. The number of nitrogens with zero attached hydrogens (tertiary/aromatic N) is 4. The molecule has 0 spiro atoms. The van der Waals surface area contributed by atoms with Crippen LogP contribution in [0.3, 0.4) is 0 Å². The predicted molar refractivity (Wildman–Crippen MR) is 82.4 cm³/mol. The monoisotopic (exact) mass is 329 g/mol. The fourth-order valence-corrected chi connectivity index (χ4v) is 4.20. The van der Waals surface area contributed by atoms with Crippen LogP contribution in [0.15, 0.2) is 0 Å². The van der Waals surface area contributed by atoms with Crippen molar-refractivity contribution in [1.82, 2.24) is 25.1 Å². The number of ether oxygens (including phenoxy) is 1. The third kappa shape index (κ3) is 3.23. The second-order valence-electron chi connectivity index (χ2n) is 5.83. The van der Waals surface area contributed by atoms with Crippen LogP contribution >= 0.6 is 11.8 Å². The van der Waals surface area contributed by atoms with E-state index in [1.54, 1.807) is 0 Å². The van der Waals surface area contributed by atoms with Crippen LogP contribution in [0.25, 0.3) is 0 Å². The van der Waals surface area contributed by atoms with Crippen LogP contribution in [0.2, 0.25) is 0 Å². The molecule has 3 aliphatic heterocycles. The minimum Gasteiger partial charge on any atom is -0.468 e. The Bertz CT molecular complexity index is 443. The molecule has 0 radical (unpaired) electrons. The summed E-state index contributed by atoms with van der Waals surface area (Å²) in [7, 11) is 3.49. The van der Waals surface area contributed by atoms with Gasteiger partial charge in [-0.15, -0.1) is 11.8 Å². The van der Waals surface area contributed by atoms with Gasteiger partial charge in [-0.1, -0.05) is 0 Å². The van der Waals surface area contributed by atoms with Crippen molar-refractivity contribution >= 4 is 23.6 Å². The van der Waals surface area contributed by atoms with Crippen LogP contribution in [0.1, 0.15) is 6.42 Å². The lowest BCUT2D eigenvalue weighted by Gasteiger charge is -2.49. The standard InChI is InChI=1S/C13H23N5O3S/c1-15-3-5-16(6-4-15)17-8-14-13-18(9-17)11(19)7-10(22-13)12(20)21-2/h10,13-14H,3-9H2,1-2H3. The maximum absolute atomic E-state index is 12.4. The summed E-state index contributed by atoms with van der Waals surface area (Å²) < 4.78 is 4.76. The number of hydrogen-bond acceptors (Lipinski definition) is 8. The van der Waals surface area contributed by atoms with Crippen LogP contribution in [0, 0.1) is 0 Å². The first-order valence-electron chi connectivity index (χ1n) is 7.53. The summed E-state index contributed by atoms with van der Waals surface area (Å²) in [5, 5.41) is 7.43. The minimum absolute atomic E-state index is 0.00507. The van der Waals surface area contributed by atoms with Gasteiger partial charge < -0.3 is 14.5 Å². The number of piperazine rings is 1. The van der Waals surface area contributed by atoms with Gasteiger partial charge in [0.05, 0.1) is 20.4 Å². The summed E-state index contributed by atoms with van der Waals surface area (Å²) in [6, 6.07) is 0. The molecule has 3 aliphatic rings. The lowest BCUT2D eigenvalue weighted by Crippen LogP contribution is -2.67. The van der Waals surface area contributed by atoms with Crippen LogP contribution in [0.5, 0.6) is 0 Å². The van der Waals surface area contributed by atoms with E-state index in [1.807, 2.05) is 4.90 Å². The Labute approximate surface area is 134 Å². The van der Waals surface area contributed by atoms with E-state index in [1.165, 1.54) is 18.9 Å². The van der Waals surface area contributed by atoms with Gasteiger partial charge in [-0.2, -0.15) is 0 Å². The van der Waals surface area contributed by atoms with Crippen LogP contribution in [0.4, 0.5) is 0 Å². The van der Waals surface area contributed by atoms with Crippen molar-refractivity contribution < 1.29 is 14.3 Å². The van der Waals surface area contributed by atoms with E-state index in [9.17, 15) is 9.59 Å². The lowest BCUT2D eigenvalue weighted by atomic mass is 10.2. The van der Waals surface area contributed by atoms with E-state index in [2.05, 4.69) is 27.3 Å². The van der Waals surface area contributed by atoms with Crippen molar-refractivity contribution in [3.63, 3.8) is 0 Å². The van der Waals surface area contributed by atoms with E-state index >= 15 is 0 Å². The minimum atomic E-state index is -0.401. The fourth-order valence-electron chi connectivity index (χ4n) is 2.94. The normalized spacial score (nSPS) is 31.9. The Morgan fingerprint density at radius 3 is 2.68 bits per heavy atom. The first kappa shape index (κ1) is 16.0. The molecule has 22 heavy (non-hydrogen) atoms. The molecule has 8 nitrogen and oxygen atoms in total. The quantitative estimate of drug-likeness (QED) is 0.631. The number of likely N-dealkylation sites (N-methyl/N-ethyl adjacent to an activating group) is 1. The zero-order valence-electron chi connectivity index (χ0n) is 13.0. The van der Waals surface area contributed by atoms with E-state index in [4.69, 9.17) is 4.74 Å². The lowest BCUT2D eigenvalue weighted by molar-refractivity contribution is -0.156. The Hall–Kier alpha value is -0.870. The number of rotatable bonds is 2. The summed E-state index contributed by atoms with van der Waals surface area (Å²) in [6.07, 6.45) is 0.214. The van der Waals surface area contributed by atoms with Crippen LogP contribution in [-0.4, -0.2) is 96.1 Å². The van der Waals surface area contributed by atoms with Crippen LogP contribution in [-0.2, 0) is 14.3 Å². The van der Waals surface area contributed by atoms with Crippen LogP contribution < -0.4 is 5.32 Å². The second kappa shape index (κ2) is 6.71. The Morgan fingerprint density at radius 1 is 1.27 bits per heavy atom.